The fourth-order valence-electron chi connectivity index (χ4n) is 2.59. The van der Waals surface area contributed by atoms with Crippen LogP contribution in [0.5, 0.6) is 5.75 Å². The minimum absolute atomic E-state index is 0.114. The van der Waals surface area contributed by atoms with Crippen molar-refractivity contribution in [2.45, 2.75) is 6.92 Å². The number of carbonyl (C=O) groups excluding carboxylic acids is 1. The van der Waals surface area contributed by atoms with Gasteiger partial charge in [0.2, 0.25) is 0 Å². The van der Waals surface area contributed by atoms with Crippen molar-refractivity contribution >= 4 is 33.3 Å². The van der Waals surface area contributed by atoms with Crippen LogP contribution in [0.25, 0.3) is 26.4 Å². The molecule has 118 valence electrons. The minimum atomic E-state index is -0.363. The second-order valence-corrected chi connectivity index (χ2v) is 6.29. The molecule has 2 heterocycles. The van der Waals surface area contributed by atoms with Crippen LogP contribution in [0.2, 0.25) is 0 Å². The molecule has 4 aromatic rings. The van der Waals surface area contributed by atoms with Crippen molar-refractivity contribution in [1.82, 2.24) is 9.38 Å². The van der Waals surface area contributed by atoms with Gasteiger partial charge in [0.1, 0.15) is 5.75 Å². The molecule has 5 nitrogen and oxygen atoms in total. The molecule has 0 bridgehead atoms. The number of fused-ring (bicyclic) bond motifs is 3. The highest BCUT2D eigenvalue weighted by atomic mass is 32.1. The van der Waals surface area contributed by atoms with E-state index in [9.17, 15) is 9.59 Å². The molecule has 0 fully saturated rings. The summed E-state index contributed by atoms with van der Waals surface area (Å²) in [5.41, 5.74) is 2.37. The molecular weight excluding hydrogens is 324 g/mol. The molecule has 0 aliphatic heterocycles. The molecule has 2 aromatic heterocycles. The van der Waals surface area contributed by atoms with Crippen LogP contribution in [0.15, 0.2) is 59.4 Å². The average molecular weight is 336 g/mol. The predicted octanol–water partition coefficient (Wildman–Crippen LogP) is 3.50. The Morgan fingerprint density at radius 1 is 1.12 bits per heavy atom. The second-order valence-electron chi connectivity index (χ2n) is 5.29. The van der Waals surface area contributed by atoms with Crippen LogP contribution in [0, 0.1) is 0 Å². The zero-order chi connectivity index (χ0) is 16.7. The third-order valence-electron chi connectivity index (χ3n) is 3.61. The van der Waals surface area contributed by atoms with E-state index < -0.39 is 0 Å². The lowest BCUT2D eigenvalue weighted by Crippen LogP contribution is -2.09. The molecule has 2 aromatic carbocycles. The molecule has 0 radical (unpaired) electrons. The summed E-state index contributed by atoms with van der Waals surface area (Å²) >= 11 is 1.44. The SMILES string of the molecule is CC(=O)Oc1ccc(-c2cc(=O)n3c(nc4ccccc43)s2)cc1. The van der Waals surface area contributed by atoms with E-state index in [2.05, 4.69) is 4.98 Å². The van der Waals surface area contributed by atoms with Gasteiger partial charge in [0.05, 0.1) is 11.0 Å². The number of esters is 1. The first-order chi connectivity index (χ1) is 11.6. The Hall–Kier alpha value is -2.99. The molecule has 0 unspecified atom stereocenters. The summed E-state index contributed by atoms with van der Waals surface area (Å²) in [5, 5.41) is 0. The Morgan fingerprint density at radius 2 is 1.88 bits per heavy atom. The van der Waals surface area contributed by atoms with Crippen molar-refractivity contribution in [3.05, 3.63) is 65.0 Å². The maximum Gasteiger partial charge on any atom is 0.308 e. The first-order valence-electron chi connectivity index (χ1n) is 7.32. The average Bonchev–Trinajstić information content (AvgIpc) is 2.93. The fourth-order valence-corrected chi connectivity index (χ4v) is 3.62. The summed E-state index contributed by atoms with van der Waals surface area (Å²) in [6.07, 6.45) is 0. The van der Waals surface area contributed by atoms with E-state index in [-0.39, 0.29) is 11.5 Å². The van der Waals surface area contributed by atoms with E-state index in [1.807, 2.05) is 36.4 Å². The summed E-state index contributed by atoms with van der Waals surface area (Å²) in [5.74, 6) is 0.115. The van der Waals surface area contributed by atoms with Gasteiger partial charge in [0.15, 0.2) is 4.96 Å². The van der Waals surface area contributed by atoms with Gasteiger partial charge >= 0.3 is 5.97 Å². The number of nitrogens with zero attached hydrogens (tertiary/aromatic N) is 2. The lowest BCUT2D eigenvalue weighted by atomic mass is 10.2. The molecule has 0 aliphatic carbocycles. The van der Waals surface area contributed by atoms with Crippen molar-refractivity contribution in [3.63, 3.8) is 0 Å². The standard InChI is InChI=1S/C18H12N2O3S/c1-11(21)23-13-8-6-12(7-9-13)16-10-17(22)20-15-5-3-2-4-14(15)19-18(20)24-16/h2-10H,1H3. The fraction of sp³-hybridized carbons (Fsp3) is 0.0556. The zero-order valence-electron chi connectivity index (χ0n) is 12.7. The van der Waals surface area contributed by atoms with Gasteiger partial charge in [-0.15, -0.1) is 0 Å². The van der Waals surface area contributed by atoms with Crippen LogP contribution in [-0.2, 0) is 4.79 Å². The largest absolute Gasteiger partial charge is 0.427 e. The number of imidazole rings is 1. The van der Waals surface area contributed by atoms with Gasteiger partial charge in [-0.05, 0) is 42.0 Å². The first-order valence-corrected chi connectivity index (χ1v) is 8.14. The normalized spacial score (nSPS) is 11.0. The molecule has 0 saturated heterocycles. The molecule has 6 heteroatoms. The summed E-state index contributed by atoms with van der Waals surface area (Å²) in [4.78, 5) is 29.5. The molecular formula is C18H12N2O3S. The monoisotopic (exact) mass is 336 g/mol. The highest BCUT2D eigenvalue weighted by Gasteiger charge is 2.10. The Kier molecular flexibility index (Phi) is 3.39. The number of para-hydroxylation sites is 2. The Labute approximate surface area is 140 Å². The smallest absolute Gasteiger partial charge is 0.308 e. The molecule has 4 rings (SSSR count). The third-order valence-corrected chi connectivity index (χ3v) is 4.64. The van der Waals surface area contributed by atoms with Crippen molar-refractivity contribution in [3.8, 4) is 16.2 Å². The van der Waals surface area contributed by atoms with Gasteiger partial charge in [-0.3, -0.25) is 14.0 Å². The maximum atomic E-state index is 12.5. The Bertz CT molecular complexity index is 1130. The topological polar surface area (TPSA) is 60.7 Å². The lowest BCUT2D eigenvalue weighted by molar-refractivity contribution is -0.131. The van der Waals surface area contributed by atoms with E-state index in [1.165, 1.54) is 18.3 Å². The third kappa shape index (κ3) is 2.47. The molecule has 24 heavy (non-hydrogen) atoms. The quantitative estimate of drug-likeness (QED) is 0.415. The van der Waals surface area contributed by atoms with Crippen LogP contribution in [0.3, 0.4) is 0 Å². The number of rotatable bonds is 2. The van der Waals surface area contributed by atoms with Crippen molar-refractivity contribution < 1.29 is 9.53 Å². The van der Waals surface area contributed by atoms with E-state index >= 15 is 0 Å². The van der Waals surface area contributed by atoms with Crippen LogP contribution in [0.4, 0.5) is 0 Å². The molecule has 0 spiro atoms. The van der Waals surface area contributed by atoms with Gasteiger partial charge in [0, 0.05) is 17.9 Å². The molecule has 0 aliphatic rings. The van der Waals surface area contributed by atoms with Crippen LogP contribution in [-0.4, -0.2) is 15.4 Å². The van der Waals surface area contributed by atoms with Crippen molar-refractivity contribution in [2.75, 3.05) is 0 Å². The molecule has 0 atom stereocenters. The summed E-state index contributed by atoms with van der Waals surface area (Å²) < 4.78 is 6.65. The summed E-state index contributed by atoms with van der Waals surface area (Å²) in [7, 11) is 0. The van der Waals surface area contributed by atoms with Gasteiger partial charge in [-0.1, -0.05) is 23.5 Å². The summed E-state index contributed by atoms with van der Waals surface area (Å²) in [6.45, 7) is 1.36. The number of carbonyl (C=O) groups is 1. The van der Waals surface area contributed by atoms with E-state index in [4.69, 9.17) is 4.74 Å². The first kappa shape index (κ1) is 14.6. The van der Waals surface area contributed by atoms with Gasteiger partial charge < -0.3 is 4.74 Å². The van der Waals surface area contributed by atoms with E-state index in [0.717, 1.165) is 21.5 Å². The van der Waals surface area contributed by atoms with Crippen molar-refractivity contribution in [2.24, 2.45) is 0 Å². The predicted molar refractivity (Wildman–Crippen MR) is 93.6 cm³/mol. The number of aromatic nitrogens is 2. The minimum Gasteiger partial charge on any atom is -0.427 e. The number of ether oxygens (including phenoxy) is 1. The van der Waals surface area contributed by atoms with Crippen molar-refractivity contribution in [1.29, 1.82) is 0 Å². The van der Waals surface area contributed by atoms with E-state index in [0.29, 0.717) is 10.7 Å². The zero-order valence-corrected chi connectivity index (χ0v) is 13.5. The molecule has 0 amide bonds. The van der Waals surface area contributed by atoms with Crippen LogP contribution in [0.1, 0.15) is 6.92 Å². The Morgan fingerprint density at radius 3 is 2.62 bits per heavy atom. The lowest BCUT2D eigenvalue weighted by Gasteiger charge is -2.04. The number of hydrogen-bond donors (Lipinski definition) is 0. The number of hydrogen-bond acceptors (Lipinski definition) is 5. The van der Waals surface area contributed by atoms with Crippen LogP contribution < -0.4 is 10.3 Å². The van der Waals surface area contributed by atoms with E-state index in [1.54, 1.807) is 22.6 Å². The van der Waals surface area contributed by atoms with Gasteiger partial charge in [-0.2, -0.15) is 0 Å². The number of benzene rings is 2. The molecule has 0 N–H and O–H groups in total. The van der Waals surface area contributed by atoms with Gasteiger partial charge in [-0.25, -0.2) is 4.98 Å². The second kappa shape index (κ2) is 5.58. The Balaban J connectivity index is 1.84. The van der Waals surface area contributed by atoms with Crippen LogP contribution >= 0.6 is 11.3 Å². The highest BCUT2D eigenvalue weighted by Crippen LogP contribution is 2.28. The van der Waals surface area contributed by atoms with Gasteiger partial charge in [0.25, 0.3) is 5.56 Å². The summed E-state index contributed by atoms with van der Waals surface area (Å²) in [6, 6.07) is 16.2. The molecule has 0 saturated carbocycles. The maximum absolute atomic E-state index is 12.5. The highest BCUT2D eigenvalue weighted by molar-refractivity contribution is 7.20.